The van der Waals surface area contributed by atoms with Gasteiger partial charge in [0.2, 0.25) is 0 Å². The van der Waals surface area contributed by atoms with E-state index in [1.165, 1.54) is 0 Å². The van der Waals surface area contributed by atoms with Gasteiger partial charge in [0.05, 0.1) is 14.2 Å². The van der Waals surface area contributed by atoms with E-state index >= 15 is 0 Å². The number of carbonyl (C=O) groups is 1. The summed E-state index contributed by atoms with van der Waals surface area (Å²) in [5.41, 5.74) is 1.72. The van der Waals surface area contributed by atoms with Crippen LogP contribution in [0.15, 0.2) is 22.7 Å². The fourth-order valence-corrected chi connectivity index (χ4v) is 1.78. The molecule has 0 aliphatic rings. The fourth-order valence-electron chi connectivity index (χ4n) is 1.78. The highest BCUT2D eigenvalue weighted by molar-refractivity contribution is 6.03. The van der Waals surface area contributed by atoms with Crippen molar-refractivity contribution in [3.05, 3.63) is 35.2 Å². The van der Waals surface area contributed by atoms with Gasteiger partial charge in [-0.25, -0.2) is 0 Å². The number of aromatic nitrogens is 1. The second-order valence-corrected chi connectivity index (χ2v) is 4.30. The van der Waals surface area contributed by atoms with Crippen LogP contribution in [-0.4, -0.2) is 25.3 Å². The molecule has 0 atom stereocenters. The van der Waals surface area contributed by atoms with Crippen molar-refractivity contribution in [3.8, 4) is 11.5 Å². The summed E-state index contributed by atoms with van der Waals surface area (Å²) in [6.45, 7) is 3.59. The molecule has 1 aromatic heterocycles. The second kappa shape index (κ2) is 5.64. The molecule has 1 aromatic carbocycles. The van der Waals surface area contributed by atoms with Gasteiger partial charge in [-0.1, -0.05) is 5.16 Å². The third-order valence-electron chi connectivity index (χ3n) is 2.84. The number of methoxy groups -OCH3 is 2. The van der Waals surface area contributed by atoms with E-state index in [0.717, 1.165) is 5.56 Å². The van der Waals surface area contributed by atoms with Crippen LogP contribution in [0.5, 0.6) is 11.5 Å². The Morgan fingerprint density at radius 3 is 2.35 bits per heavy atom. The Balaban J connectivity index is 2.27. The monoisotopic (exact) mass is 276 g/mol. The predicted molar refractivity (Wildman–Crippen MR) is 73.5 cm³/mol. The maximum absolute atomic E-state index is 12.0. The highest BCUT2D eigenvalue weighted by Gasteiger charge is 2.14. The summed E-state index contributed by atoms with van der Waals surface area (Å²) in [6, 6.07) is 5.08. The molecular formula is C14H16N2O4. The Labute approximate surface area is 116 Å². The van der Waals surface area contributed by atoms with Crippen molar-refractivity contribution in [2.45, 2.75) is 13.8 Å². The van der Waals surface area contributed by atoms with Crippen LogP contribution in [0.2, 0.25) is 0 Å². The summed E-state index contributed by atoms with van der Waals surface area (Å²) in [6.07, 6.45) is 0. The maximum Gasteiger partial charge on any atom is 0.277 e. The molecule has 6 nitrogen and oxygen atoms in total. The number of carbonyl (C=O) groups excluding carboxylic acids is 1. The molecule has 0 bridgehead atoms. The lowest BCUT2D eigenvalue weighted by molar-refractivity contribution is 0.101. The summed E-state index contributed by atoms with van der Waals surface area (Å²) in [4.78, 5) is 12.0. The van der Waals surface area contributed by atoms with Crippen molar-refractivity contribution in [3.63, 3.8) is 0 Å². The number of benzene rings is 1. The van der Waals surface area contributed by atoms with Gasteiger partial charge in [-0.2, -0.15) is 0 Å². The molecule has 0 radical (unpaired) electrons. The zero-order valence-electron chi connectivity index (χ0n) is 11.8. The number of anilines is 1. The van der Waals surface area contributed by atoms with Crippen molar-refractivity contribution in [2.75, 3.05) is 19.5 Å². The van der Waals surface area contributed by atoms with Crippen molar-refractivity contribution in [1.82, 2.24) is 5.16 Å². The molecular weight excluding hydrogens is 260 g/mol. The van der Waals surface area contributed by atoms with Gasteiger partial charge in [0, 0.05) is 17.8 Å². The predicted octanol–water partition coefficient (Wildman–Crippen LogP) is 2.56. The fraction of sp³-hybridized carbons (Fsp3) is 0.286. The van der Waals surface area contributed by atoms with Crippen LogP contribution in [0.4, 0.5) is 5.69 Å². The van der Waals surface area contributed by atoms with E-state index in [2.05, 4.69) is 10.5 Å². The zero-order chi connectivity index (χ0) is 14.7. The standard InChI is InChI=1S/C14H16N2O4/c1-8-5-12(18-3)13(19-4)7-10(8)15-14(17)11-6-9(2)20-16-11/h5-7H,1-4H3,(H,15,17). The first-order valence-corrected chi connectivity index (χ1v) is 6.02. The molecule has 1 N–H and O–H groups in total. The third-order valence-corrected chi connectivity index (χ3v) is 2.84. The Morgan fingerprint density at radius 1 is 1.15 bits per heavy atom. The minimum absolute atomic E-state index is 0.233. The lowest BCUT2D eigenvalue weighted by Crippen LogP contribution is -2.13. The van der Waals surface area contributed by atoms with Gasteiger partial charge in [-0.3, -0.25) is 4.79 Å². The molecule has 6 heteroatoms. The highest BCUT2D eigenvalue weighted by atomic mass is 16.5. The van der Waals surface area contributed by atoms with E-state index in [0.29, 0.717) is 22.9 Å². The molecule has 1 amide bonds. The first-order valence-electron chi connectivity index (χ1n) is 6.02. The molecule has 0 saturated carbocycles. The number of amides is 1. The van der Waals surface area contributed by atoms with E-state index in [-0.39, 0.29) is 11.6 Å². The van der Waals surface area contributed by atoms with Gasteiger partial charge in [0.1, 0.15) is 5.76 Å². The average Bonchev–Trinajstić information content (AvgIpc) is 2.87. The van der Waals surface area contributed by atoms with E-state index in [4.69, 9.17) is 14.0 Å². The van der Waals surface area contributed by atoms with Gasteiger partial charge < -0.3 is 19.3 Å². The molecule has 0 saturated heterocycles. The van der Waals surface area contributed by atoms with Crippen LogP contribution in [-0.2, 0) is 0 Å². The van der Waals surface area contributed by atoms with Crippen molar-refractivity contribution >= 4 is 11.6 Å². The minimum atomic E-state index is -0.336. The molecule has 2 rings (SSSR count). The zero-order valence-corrected chi connectivity index (χ0v) is 11.8. The van der Waals surface area contributed by atoms with Crippen LogP contribution in [0.3, 0.4) is 0 Å². The number of nitrogens with zero attached hydrogens (tertiary/aromatic N) is 1. The van der Waals surface area contributed by atoms with Crippen molar-refractivity contribution in [2.24, 2.45) is 0 Å². The molecule has 0 spiro atoms. The third kappa shape index (κ3) is 2.74. The Bertz CT molecular complexity index is 634. The minimum Gasteiger partial charge on any atom is -0.493 e. The van der Waals surface area contributed by atoms with E-state index in [1.54, 1.807) is 39.3 Å². The van der Waals surface area contributed by atoms with Gasteiger partial charge in [0.25, 0.3) is 5.91 Å². The Morgan fingerprint density at radius 2 is 1.80 bits per heavy atom. The molecule has 0 aliphatic heterocycles. The maximum atomic E-state index is 12.0. The smallest absolute Gasteiger partial charge is 0.277 e. The first-order chi connectivity index (χ1) is 9.55. The Kier molecular flexibility index (Phi) is 3.93. The summed E-state index contributed by atoms with van der Waals surface area (Å²) in [5, 5.41) is 6.44. The lowest BCUT2D eigenvalue weighted by atomic mass is 10.1. The van der Waals surface area contributed by atoms with Gasteiger partial charge in [-0.05, 0) is 25.5 Å². The number of hydrogen-bond donors (Lipinski definition) is 1. The van der Waals surface area contributed by atoms with Crippen LogP contribution < -0.4 is 14.8 Å². The van der Waals surface area contributed by atoms with Crippen LogP contribution in [0, 0.1) is 13.8 Å². The number of nitrogens with one attached hydrogen (secondary N) is 1. The number of rotatable bonds is 4. The van der Waals surface area contributed by atoms with Gasteiger partial charge in [0.15, 0.2) is 17.2 Å². The molecule has 0 aliphatic carbocycles. The number of hydrogen-bond acceptors (Lipinski definition) is 5. The van der Waals surface area contributed by atoms with E-state index in [1.807, 2.05) is 6.92 Å². The molecule has 0 fully saturated rings. The Hall–Kier alpha value is -2.50. The SMILES string of the molecule is COc1cc(C)c(NC(=O)c2cc(C)on2)cc1OC. The van der Waals surface area contributed by atoms with Crippen molar-refractivity contribution in [1.29, 1.82) is 0 Å². The molecule has 20 heavy (non-hydrogen) atoms. The summed E-state index contributed by atoms with van der Waals surface area (Å²) >= 11 is 0. The largest absolute Gasteiger partial charge is 0.493 e. The van der Waals surface area contributed by atoms with Crippen LogP contribution in [0.1, 0.15) is 21.8 Å². The van der Waals surface area contributed by atoms with Crippen LogP contribution >= 0.6 is 0 Å². The quantitative estimate of drug-likeness (QED) is 0.929. The van der Waals surface area contributed by atoms with E-state index in [9.17, 15) is 4.79 Å². The first kappa shape index (κ1) is 13.9. The molecule has 2 aromatic rings. The lowest BCUT2D eigenvalue weighted by Gasteiger charge is -2.13. The second-order valence-electron chi connectivity index (χ2n) is 4.30. The summed E-state index contributed by atoms with van der Waals surface area (Å²) < 4.78 is 15.3. The van der Waals surface area contributed by atoms with Gasteiger partial charge >= 0.3 is 0 Å². The van der Waals surface area contributed by atoms with Gasteiger partial charge in [-0.15, -0.1) is 0 Å². The van der Waals surface area contributed by atoms with E-state index < -0.39 is 0 Å². The molecule has 0 unspecified atom stereocenters. The summed E-state index contributed by atoms with van der Waals surface area (Å²) in [5.74, 6) is 1.40. The highest BCUT2D eigenvalue weighted by Crippen LogP contribution is 2.33. The van der Waals surface area contributed by atoms with Crippen LogP contribution in [0.25, 0.3) is 0 Å². The summed E-state index contributed by atoms with van der Waals surface area (Å²) in [7, 11) is 3.10. The average molecular weight is 276 g/mol. The molecule has 106 valence electrons. The molecule has 1 heterocycles. The number of ether oxygens (including phenoxy) is 2. The normalized spacial score (nSPS) is 10.2. The topological polar surface area (TPSA) is 73.6 Å². The number of aryl methyl sites for hydroxylation is 2. The van der Waals surface area contributed by atoms with Crippen molar-refractivity contribution < 1.29 is 18.8 Å².